The van der Waals surface area contributed by atoms with Gasteiger partial charge < -0.3 is 14.5 Å². The van der Waals surface area contributed by atoms with Gasteiger partial charge in [0.05, 0.1) is 12.2 Å². The number of amides is 1. The van der Waals surface area contributed by atoms with Crippen molar-refractivity contribution in [2.75, 3.05) is 11.9 Å². The van der Waals surface area contributed by atoms with Crippen LogP contribution >= 0.6 is 0 Å². The van der Waals surface area contributed by atoms with E-state index in [2.05, 4.69) is 12.2 Å². The largest absolute Gasteiger partial charge is 0.494 e. The standard InChI is InChI=1S/C21H21NO3/c1-3-12-24-18-11-7-10-17(13-18)22-21(23)19-14-20(25-15(19)2)16-8-5-4-6-9-16/h4-11,13-14H,3,12H2,1-2H3,(H,22,23). The molecule has 3 aromatic rings. The van der Waals surface area contributed by atoms with E-state index in [-0.39, 0.29) is 5.91 Å². The van der Waals surface area contributed by atoms with Gasteiger partial charge in [-0.15, -0.1) is 0 Å². The first-order chi connectivity index (χ1) is 12.2. The van der Waals surface area contributed by atoms with E-state index in [1.165, 1.54) is 0 Å². The number of anilines is 1. The van der Waals surface area contributed by atoms with Crippen LogP contribution in [0.3, 0.4) is 0 Å². The molecule has 128 valence electrons. The molecule has 4 heteroatoms. The third kappa shape index (κ3) is 4.10. The lowest BCUT2D eigenvalue weighted by Crippen LogP contribution is -2.12. The molecule has 0 atom stereocenters. The number of carbonyl (C=O) groups is 1. The molecule has 1 N–H and O–H groups in total. The van der Waals surface area contributed by atoms with Crippen LogP contribution in [0.4, 0.5) is 5.69 Å². The van der Waals surface area contributed by atoms with E-state index in [0.717, 1.165) is 17.7 Å². The zero-order valence-electron chi connectivity index (χ0n) is 14.4. The highest BCUT2D eigenvalue weighted by Crippen LogP contribution is 2.26. The predicted octanol–water partition coefficient (Wildman–Crippen LogP) is 5.30. The molecule has 1 aromatic heterocycles. The number of benzene rings is 2. The van der Waals surface area contributed by atoms with E-state index in [1.807, 2.05) is 54.6 Å². The van der Waals surface area contributed by atoms with E-state index in [9.17, 15) is 4.79 Å². The number of carbonyl (C=O) groups excluding carboxylic acids is 1. The maximum Gasteiger partial charge on any atom is 0.259 e. The Morgan fingerprint density at radius 3 is 2.64 bits per heavy atom. The Hall–Kier alpha value is -3.01. The number of hydrogen-bond acceptors (Lipinski definition) is 3. The molecule has 0 aliphatic rings. The molecule has 0 fully saturated rings. The van der Waals surface area contributed by atoms with E-state index in [4.69, 9.17) is 9.15 Å². The van der Waals surface area contributed by atoms with Crippen molar-refractivity contribution in [2.24, 2.45) is 0 Å². The summed E-state index contributed by atoms with van der Waals surface area (Å²) in [6.45, 7) is 4.50. The molecule has 3 rings (SSSR count). The summed E-state index contributed by atoms with van der Waals surface area (Å²) >= 11 is 0. The first-order valence-electron chi connectivity index (χ1n) is 8.37. The molecule has 0 aliphatic carbocycles. The minimum Gasteiger partial charge on any atom is -0.494 e. The lowest BCUT2D eigenvalue weighted by atomic mass is 10.1. The average Bonchev–Trinajstić information content (AvgIpc) is 3.03. The summed E-state index contributed by atoms with van der Waals surface area (Å²) in [4.78, 5) is 12.6. The molecule has 4 nitrogen and oxygen atoms in total. The third-order valence-electron chi connectivity index (χ3n) is 3.79. The maximum atomic E-state index is 12.6. The smallest absolute Gasteiger partial charge is 0.259 e. The molecule has 0 saturated heterocycles. The summed E-state index contributed by atoms with van der Waals surface area (Å²) in [5, 5.41) is 2.90. The van der Waals surface area contributed by atoms with Gasteiger partial charge in [-0.05, 0) is 31.5 Å². The minimum atomic E-state index is -0.198. The van der Waals surface area contributed by atoms with Crippen molar-refractivity contribution in [3.05, 3.63) is 72.0 Å². The highest BCUT2D eigenvalue weighted by atomic mass is 16.5. The van der Waals surface area contributed by atoms with Crippen LogP contribution in [0.15, 0.2) is 65.1 Å². The van der Waals surface area contributed by atoms with Crippen molar-refractivity contribution < 1.29 is 13.9 Å². The summed E-state index contributed by atoms with van der Waals surface area (Å²) in [6.07, 6.45) is 0.938. The lowest BCUT2D eigenvalue weighted by molar-refractivity contribution is 0.102. The quantitative estimate of drug-likeness (QED) is 0.665. The molecule has 1 heterocycles. The Morgan fingerprint density at radius 2 is 1.88 bits per heavy atom. The summed E-state index contributed by atoms with van der Waals surface area (Å²) in [5.74, 6) is 1.82. The number of hydrogen-bond donors (Lipinski definition) is 1. The third-order valence-corrected chi connectivity index (χ3v) is 3.79. The van der Waals surface area contributed by atoms with E-state index >= 15 is 0 Å². The van der Waals surface area contributed by atoms with Crippen molar-refractivity contribution in [2.45, 2.75) is 20.3 Å². The maximum absolute atomic E-state index is 12.6. The zero-order valence-corrected chi connectivity index (χ0v) is 14.4. The fraction of sp³-hybridized carbons (Fsp3) is 0.190. The molecular weight excluding hydrogens is 314 g/mol. The minimum absolute atomic E-state index is 0.198. The highest BCUT2D eigenvalue weighted by molar-refractivity contribution is 6.05. The van der Waals surface area contributed by atoms with Gasteiger partial charge in [-0.1, -0.05) is 43.3 Å². The number of aryl methyl sites for hydroxylation is 1. The monoisotopic (exact) mass is 335 g/mol. The van der Waals surface area contributed by atoms with Crippen LogP contribution in [0.2, 0.25) is 0 Å². The van der Waals surface area contributed by atoms with Gasteiger partial charge in [0.25, 0.3) is 5.91 Å². The summed E-state index contributed by atoms with van der Waals surface area (Å²) in [5.41, 5.74) is 2.17. The first-order valence-corrected chi connectivity index (χ1v) is 8.37. The molecule has 2 aromatic carbocycles. The van der Waals surface area contributed by atoms with Gasteiger partial charge in [-0.25, -0.2) is 0 Å². The van der Waals surface area contributed by atoms with Gasteiger partial charge >= 0.3 is 0 Å². The summed E-state index contributed by atoms with van der Waals surface area (Å²) < 4.78 is 11.3. The van der Waals surface area contributed by atoms with Gasteiger partial charge in [0.1, 0.15) is 17.3 Å². The average molecular weight is 335 g/mol. The summed E-state index contributed by atoms with van der Waals surface area (Å²) in [6, 6.07) is 18.9. The number of furan rings is 1. The lowest BCUT2D eigenvalue weighted by Gasteiger charge is -2.08. The van der Waals surface area contributed by atoms with Crippen molar-refractivity contribution >= 4 is 11.6 Å². The Morgan fingerprint density at radius 1 is 1.08 bits per heavy atom. The van der Waals surface area contributed by atoms with Crippen LogP contribution in [0.1, 0.15) is 29.5 Å². The number of rotatable bonds is 6. The molecule has 0 radical (unpaired) electrons. The highest BCUT2D eigenvalue weighted by Gasteiger charge is 2.16. The molecule has 1 amide bonds. The van der Waals surface area contributed by atoms with Gasteiger partial charge in [-0.2, -0.15) is 0 Å². The zero-order chi connectivity index (χ0) is 17.6. The van der Waals surface area contributed by atoms with E-state index in [1.54, 1.807) is 13.0 Å². The number of ether oxygens (including phenoxy) is 1. The fourth-order valence-electron chi connectivity index (χ4n) is 2.53. The second kappa shape index (κ2) is 7.71. The van der Waals surface area contributed by atoms with E-state index in [0.29, 0.717) is 29.4 Å². The Labute approximate surface area is 147 Å². The van der Waals surface area contributed by atoms with Crippen LogP contribution in [-0.4, -0.2) is 12.5 Å². The molecular formula is C21H21NO3. The number of nitrogens with one attached hydrogen (secondary N) is 1. The van der Waals surface area contributed by atoms with Crippen molar-refractivity contribution in [3.8, 4) is 17.1 Å². The molecule has 0 saturated carbocycles. The topological polar surface area (TPSA) is 51.5 Å². The fourth-order valence-corrected chi connectivity index (χ4v) is 2.53. The second-order valence-corrected chi connectivity index (χ2v) is 5.78. The normalized spacial score (nSPS) is 10.5. The van der Waals surface area contributed by atoms with Gasteiger partial charge in [0.15, 0.2) is 0 Å². The first kappa shape index (κ1) is 16.8. The van der Waals surface area contributed by atoms with Crippen molar-refractivity contribution in [3.63, 3.8) is 0 Å². The Bertz CT molecular complexity index is 853. The van der Waals surface area contributed by atoms with Gasteiger partial charge in [-0.3, -0.25) is 4.79 Å². The molecule has 0 unspecified atom stereocenters. The van der Waals surface area contributed by atoms with Crippen LogP contribution < -0.4 is 10.1 Å². The summed E-state index contributed by atoms with van der Waals surface area (Å²) in [7, 11) is 0. The molecule has 0 spiro atoms. The van der Waals surface area contributed by atoms with Crippen molar-refractivity contribution in [1.82, 2.24) is 0 Å². The molecule has 0 bridgehead atoms. The molecule has 25 heavy (non-hydrogen) atoms. The van der Waals surface area contributed by atoms with Gasteiger partial charge in [0.2, 0.25) is 0 Å². The van der Waals surface area contributed by atoms with Crippen LogP contribution in [-0.2, 0) is 0 Å². The van der Waals surface area contributed by atoms with Crippen molar-refractivity contribution in [1.29, 1.82) is 0 Å². The Balaban J connectivity index is 1.77. The predicted molar refractivity (Wildman–Crippen MR) is 99.1 cm³/mol. The van der Waals surface area contributed by atoms with Gasteiger partial charge in [0, 0.05) is 17.3 Å². The van der Waals surface area contributed by atoms with Crippen LogP contribution in [0, 0.1) is 6.92 Å². The Kier molecular flexibility index (Phi) is 5.19. The van der Waals surface area contributed by atoms with Crippen LogP contribution in [0.25, 0.3) is 11.3 Å². The van der Waals surface area contributed by atoms with Crippen LogP contribution in [0.5, 0.6) is 5.75 Å². The SMILES string of the molecule is CCCOc1cccc(NC(=O)c2cc(-c3ccccc3)oc2C)c1. The molecule has 0 aliphatic heterocycles. The van der Waals surface area contributed by atoms with E-state index < -0.39 is 0 Å². The second-order valence-electron chi connectivity index (χ2n) is 5.78.